The molecular formula is C11H10ClNO2. The molecule has 2 aromatic rings. The van der Waals surface area contributed by atoms with E-state index < -0.39 is 5.56 Å². The molecule has 0 saturated heterocycles. The molecule has 1 heterocycles. The molecule has 0 aliphatic rings. The summed E-state index contributed by atoms with van der Waals surface area (Å²) in [5, 5.41) is 1.06. The van der Waals surface area contributed by atoms with Gasteiger partial charge in [-0.25, -0.2) is 0 Å². The lowest BCUT2D eigenvalue weighted by molar-refractivity contribution is -0.130. The van der Waals surface area contributed by atoms with Crippen molar-refractivity contribution in [2.75, 3.05) is 0 Å². The number of hydrogen-bond acceptors (Lipinski definition) is 2. The van der Waals surface area contributed by atoms with Crippen molar-refractivity contribution < 1.29 is 9.53 Å². The highest BCUT2D eigenvalue weighted by Crippen LogP contribution is 2.27. The first-order valence-corrected chi connectivity index (χ1v) is 4.97. The Labute approximate surface area is 92.0 Å². The largest absolute Gasteiger partial charge is 0.444 e. The maximum Gasteiger partial charge on any atom is 0.294 e. The molecule has 1 N–H and O–H groups in total. The summed E-state index contributed by atoms with van der Waals surface area (Å²) in [6.45, 7) is 2.33. The number of ether oxygens (including phenoxy) is 1. The molecule has 0 aliphatic carbocycles. The predicted molar refractivity (Wildman–Crippen MR) is 58.8 cm³/mol. The van der Waals surface area contributed by atoms with Crippen LogP contribution in [0, 0.1) is 6.92 Å². The van der Waals surface area contributed by atoms with Crippen LogP contribution in [0.5, 0.6) is 0 Å². The molecular weight excluding hydrogens is 214 g/mol. The van der Waals surface area contributed by atoms with Crippen LogP contribution in [0.15, 0.2) is 24.4 Å². The fourth-order valence-corrected chi connectivity index (χ4v) is 1.81. The summed E-state index contributed by atoms with van der Waals surface area (Å²) < 4.78 is 4.68. The first kappa shape index (κ1) is 10.1. The fourth-order valence-electron chi connectivity index (χ4n) is 1.65. The average molecular weight is 224 g/mol. The molecule has 0 radical (unpaired) electrons. The van der Waals surface area contributed by atoms with Crippen LogP contribution in [-0.4, -0.2) is 11.5 Å². The molecule has 0 bridgehead atoms. The summed E-state index contributed by atoms with van der Waals surface area (Å²) in [4.78, 5) is 13.3. The van der Waals surface area contributed by atoms with Gasteiger partial charge in [0.25, 0.3) is 6.47 Å². The molecule has 1 aromatic carbocycles. The number of aromatic nitrogens is 1. The van der Waals surface area contributed by atoms with E-state index >= 15 is 0 Å². The van der Waals surface area contributed by atoms with Gasteiger partial charge in [0.15, 0.2) is 0 Å². The van der Waals surface area contributed by atoms with Gasteiger partial charge in [0, 0.05) is 22.7 Å². The lowest BCUT2D eigenvalue weighted by atomic mass is 10.1. The number of carbonyl (C=O) groups excluding carboxylic acids is 1. The lowest BCUT2D eigenvalue weighted by Gasteiger charge is -2.09. The highest BCUT2D eigenvalue weighted by Gasteiger charge is 2.10. The quantitative estimate of drug-likeness (QED) is 0.642. The summed E-state index contributed by atoms with van der Waals surface area (Å²) in [5.41, 5.74) is 2.22. The number of fused-ring (bicyclic) bond motifs is 1. The van der Waals surface area contributed by atoms with Gasteiger partial charge in [-0.3, -0.25) is 4.79 Å². The first-order chi connectivity index (χ1) is 7.22. The minimum Gasteiger partial charge on any atom is -0.444 e. The van der Waals surface area contributed by atoms with Crippen LogP contribution < -0.4 is 0 Å². The molecule has 2 rings (SSSR count). The zero-order valence-corrected chi connectivity index (χ0v) is 8.91. The van der Waals surface area contributed by atoms with E-state index in [9.17, 15) is 4.79 Å². The zero-order chi connectivity index (χ0) is 10.8. The van der Waals surface area contributed by atoms with Gasteiger partial charge >= 0.3 is 0 Å². The Morgan fingerprint density at radius 2 is 2.33 bits per heavy atom. The van der Waals surface area contributed by atoms with E-state index in [1.165, 1.54) is 0 Å². The van der Waals surface area contributed by atoms with Crippen molar-refractivity contribution in [2.45, 2.75) is 12.5 Å². The molecule has 1 atom stereocenters. The van der Waals surface area contributed by atoms with E-state index in [1.54, 1.807) is 0 Å². The number of carbonyl (C=O) groups is 1. The summed E-state index contributed by atoms with van der Waals surface area (Å²) in [5.74, 6) is 0. The fraction of sp³-hybridized carbons (Fsp3) is 0.182. The molecule has 3 nitrogen and oxygen atoms in total. The van der Waals surface area contributed by atoms with Crippen molar-refractivity contribution >= 4 is 29.0 Å². The second-order valence-electron chi connectivity index (χ2n) is 3.33. The maximum absolute atomic E-state index is 10.2. The Morgan fingerprint density at radius 3 is 3.07 bits per heavy atom. The second-order valence-corrected chi connectivity index (χ2v) is 3.72. The van der Waals surface area contributed by atoms with E-state index in [0.29, 0.717) is 6.47 Å². The summed E-state index contributed by atoms with van der Waals surface area (Å²) in [7, 11) is 0. The summed E-state index contributed by atoms with van der Waals surface area (Å²) in [6, 6.07) is 5.76. The minimum absolute atomic E-state index is 0.355. The average Bonchev–Trinajstić information content (AvgIpc) is 2.66. The van der Waals surface area contributed by atoms with E-state index in [4.69, 9.17) is 11.6 Å². The SMILES string of the molecule is Cc1cc(C(Cl)OC=O)cc2cc[nH]c12. The van der Waals surface area contributed by atoms with Crippen LogP contribution in [0.3, 0.4) is 0 Å². The van der Waals surface area contributed by atoms with Gasteiger partial charge < -0.3 is 9.72 Å². The van der Waals surface area contributed by atoms with E-state index in [0.717, 1.165) is 22.0 Å². The predicted octanol–water partition coefficient (Wildman–Crippen LogP) is 2.89. The van der Waals surface area contributed by atoms with Crippen LogP contribution in [-0.2, 0) is 9.53 Å². The highest BCUT2D eigenvalue weighted by atomic mass is 35.5. The van der Waals surface area contributed by atoms with Crippen LogP contribution in [0.4, 0.5) is 0 Å². The number of aryl methyl sites for hydroxylation is 1. The van der Waals surface area contributed by atoms with Crippen molar-refractivity contribution in [2.24, 2.45) is 0 Å². The van der Waals surface area contributed by atoms with E-state index in [2.05, 4.69) is 9.72 Å². The lowest BCUT2D eigenvalue weighted by Crippen LogP contribution is -1.96. The van der Waals surface area contributed by atoms with Crippen molar-refractivity contribution in [1.29, 1.82) is 0 Å². The highest BCUT2D eigenvalue weighted by molar-refractivity contribution is 6.20. The Kier molecular flexibility index (Phi) is 2.64. The smallest absolute Gasteiger partial charge is 0.294 e. The third-order valence-corrected chi connectivity index (χ3v) is 2.67. The van der Waals surface area contributed by atoms with Gasteiger partial charge in [-0.2, -0.15) is 0 Å². The number of aromatic amines is 1. The number of halogens is 1. The number of alkyl halides is 1. The normalized spacial score (nSPS) is 12.7. The number of rotatable bonds is 3. The van der Waals surface area contributed by atoms with Gasteiger partial charge in [-0.05, 0) is 30.7 Å². The van der Waals surface area contributed by atoms with E-state index in [1.807, 2.05) is 31.3 Å². The molecule has 4 heteroatoms. The molecule has 1 aromatic heterocycles. The monoisotopic (exact) mass is 223 g/mol. The number of benzene rings is 1. The van der Waals surface area contributed by atoms with Crippen molar-refractivity contribution in [3.63, 3.8) is 0 Å². The molecule has 0 spiro atoms. The summed E-state index contributed by atoms with van der Waals surface area (Å²) >= 11 is 5.88. The van der Waals surface area contributed by atoms with Crippen molar-refractivity contribution in [1.82, 2.24) is 4.98 Å². The maximum atomic E-state index is 10.2. The standard InChI is InChI=1S/C11H10ClNO2/c1-7-4-9(11(12)15-6-14)5-8-2-3-13-10(7)8/h2-6,11,13H,1H3. The van der Waals surface area contributed by atoms with Crippen molar-refractivity contribution in [3.05, 3.63) is 35.5 Å². The van der Waals surface area contributed by atoms with Gasteiger partial charge in [0.2, 0.25) is 5.56 Å². The van der Waals surface area contributed by atoms with E-state index in [-0.39, 0.29) is 0 Å². The van der Waals surface area contributed by atoms with Gasteiger partial charge in [-0.15, -0.1) is 0 Å². The number of nitrogens with one attached hydrogen (secondary N) is 1. The Morgan fingerprint density at radius 1 is 1.53 bits per heavy atom. The number of H-pyrrole nitrogens is 1. The first-order valence-electron chi connectivity index (χ1n) is 4.53. The van der Waals surface area contributed by atoms with Crippen LogP contribution in [0.25, 0.3) is 10.9 Å². The molecule has 1 unspecified atom stereocenters. The minimum atomic E-state index is -0.722. The Balaban J connectivity index is 2.48. The molecule has 0 saturated carbocycles. The molecule has 15 heavy (non-hydrogen) atoms. The molecule has 0 amide bonds. The van der Waals surface area contributed by atoms with Crippen LogP contribution in [0.2, 0.25) is 0 Å². The van der Waals surface area contributed by atoms with Gasteiger partial charge in [-0.1, -0.05) is 11.6 Å². The van der Waals surface area contributed by atoms with Crippen molar-refractivity contribution in [3.8, 4) is 0 Å². The summed E-state index contributed by atoms with van der Waals surface area (Å²) in [6.07, 6.45) is 1.87. The third kappa shape index (κ3) is 1.83. The Bertz CT molecular complexity index is 492. The zero-order valence-electron chi connectivity index (χ0n) is 8.16. The van der Waals surface area contributed by atoms with Gasteiger partial charge in [0.05, 0.1) is 0 Å². The van der Waals surface area contributed by atoms with Crippen LogP contribution >= 0.6 is 11.6 Å². The second kappa shape index (κ2) is 3.95. The van der Waals surface area contributed by atoms with Gasteiger partial charge in [0.1, 0.15) is 0 Å². The Hall–Kier alpha value is -1.48. The third-order valence-electron chi connectivity index (χ3n) is 2.32. The number of hydrogen-bond donors (Lipinski definition) is 1. The molecule has 0 fully saturated rings. The molecule has 0 aliphatic heterocycles. The van der Waals surface area contributed by atoms with Crippen LogP contribution in [0.1, 0.15) is 16.7 Å². The topological polar surface area (TPSA) is 42.1 Å². The molecule has 78 valence electrons.